The van der Waals surface area contributed by atoms with Gasteiger partial charge >= 0.3 is 0 Å². The lowest BCUT2D eigenvalue weighted by Gasteiger charge is -2.17. The Morgan fingerprint density at radius 3 is 2.96 bits per heavy atom. The maximum atomic E-state index is 12.5. The number of nitrogens with one attached hydrogen (secondary N) is 2. The van der Waals surface area contributed by atoms with E-state index in [0.717, 1.165) is 42.4 Å². The molecule has 0 saturated carbocycles. The molecule has 6 heteroatoms. The third-order valence-corrected chi connectivity index (χ3v) is 4.30. The van der Waals surface area contributed by atoms with Gasteiger partial charge in [0, 0.05) is 49.6 Å². The molecule has 1 aromatic carbocycles. The summed E-state index contributed by atoms with van der Waals surface area (Å²) in [6.07, 6.45) is 5.63. The zero-order valence-corrected chi connectivity index (χ0v) is 13.3. The highest BCUT2D eigenvalue weighted by atomic mass is 16.1. The number of carbonyl (C=O) groups is 1. The van der Waals surface area contributed by atoms with Crippen LogP contribution in [-0.2, 0) is 19.6 Å². The molecule has 0 fully saturated rings. The molecule has 24 heavy (non-hydrogen) atoms. The van der Waals surface area contributed by atoms with Crippen molar-refractivity contribution in [2.24, 2.45) is 0 Å². The lowest BCUT2D eigenvalue weighted by atomic mass is 10.2. The molecule has 0 spiro atoms. The molecule has 2 aromatic heterocycles. The molecule has 0 unspecified atom stereocenters. The molecule has 3 aromatic rings. The van der Waals surface area contributed by atoms with E-state index in [9.17, 15) is 4.79 Å². The quantitative estimate of drug-likeness (QED) is 0.769. The molecule has 0 saturated heterocycles. The molecule has 6 nitrogen and oxygen atoms in total. The molecule has 0 atom stereocenters. The van der Waals surface area contributed by atoms with Crippen LogP contribution in [0.15, 0.2) is 55.0 Å². The molecular formula is C18H19N5O. The first kappa shape index (κ1) is 14.7. The number of imidazole rings is 1. The van der Waals surface area contributed by atoms with E-state index in [4.69, 9.17) is 0 Å². The number of nitrogens with zero attached hydrogens (tertiary/aromatic N) is 3. The molecule has 0 radical (unpaired) electrons. The fraction of sp³-hybridized carbons (Fsp3) is 0.222. The van der Waals surface area contributed by atoms with Crippen LogP contribution in [0.3, 0.4) is 0 Å². The van der Waals surface area contributed by atoms with Gasteiger partial charge in [-0.2, -0.15) is 0 Å². The summed E-state index contributed by atoms with van der Waals surface area (Å²) in [7, 11) is 0. The zero-order chi connectivity index (χ0) is 16.4. The second-order valence-electron chi connectivity index (χ2n) is 5.78. The maximum absolute atomic E-state index is 12.5. The molecule has 2 N–H and O–H groups in total. The summed E-state index contributed by atoms with van der Waals surface area (Å²) >= 11 is 0. The minimum absolute atomic E-state index is 0.0601. The van der Waals surface area contributed by atoms with Crippen LogP contribution < -0.4 is 10.6 Å². The molecule has 1 aliphatic heterocycles. The summed E-state index contributed by atoms with van der Waals surface area (Å²) in [5.74, 6) is 0.746. The topological polar surface area (TPSA) is 63.9 Å². The summed E-state index contributed by atoms with van der Waals surface area (Å²) in [5.41, 5.74) is 2.81. The van der Waals surface area contributed by atoms with Gasteiger partial charge in [-0.3, -0.25) is 4.79 Å². The highest BCUT2D eigenvalue weighted by molar-refractivity contribution is 5.95. The zero-order valence-electron chi connectivity index (χ0n) is 13.3. The average molecular weight is 321 g/mol. The number of carbonyl (C=O) groups excluding carboxylic acids is 1. The van der Waals surface area contributed by atoms with Crippen LogP contribution in [0.2, 0.25) is 0 Å². The molecule has 1 amide bonds. The van der Waals surface area contributed by atoms with Crippen molar-refractivity contribution in [2.75, 3.05) is 6.54 Å². The van der Waals surface area contributed by atoms with Gasteiger partial charge in [-0.1, -0.05) is 18.2 Å². The van der Waals surface area contributed by atoms with Gasteiger partial charge in [0.15, 0.2) is 0 Å². The normalized spacial score (nSPS) is 13.5. The highest BCUT2D eigenvalue weighted by Gasteiger charge is 2.18. The molecule has 3 heterocycles. The second kappa shape index (κ2) is 6.33. The van der Waals surface area contributed by atoms with E-state index in [1.54, 1.807) is 6.20 Å². The van der Waals surface area contributed by atoms with Crippen molar-refractivity contribution in [3.05, 3.63) is 72.1 Å². The Morgan fingerprint density at radius 1 is 1.21 bits per heavy atom. The van der Waals surface area contributed by atoms with E-state index in [2.05, 4.69) is 20.2 Å². The predicted octanol–water partition coefficient (Wildman–Crippen LogP) is 1.71. The van der Waals surface area contributed by atoms with Crippen molar-refractivity contribution in [1.82, 2.24) is 24.8 Å². The first-order valence-corrected chi connectivity index (χ1v) is 8.07. The Kier molecular flexibility index (Phi) is 3.88. The fourth-order valence-corrected chi connectivity index (χ4v) is 3.07. The maximum Gasteiger partial charge on any atom is 0.253 e. The summed E-state index contributed by atoms with van der Waals surface area (Å²) in [6, 6.07) is 11.9. The van der Waals surface area contributed by atoms with Crippen LogP contribution in [0.25, 0.3) is 5.69 Å². The van der Waals surface area contributed by atoms with E-state index >= 15 is 0 Å². The largest absolute Gasteiger partial charge is 0.348 e. The number of rotatable bonds is 4. The average Bonchev–Trinajstić information content (AvgIpc) is 3.27. The van der Waals surface area contributed by atoms with E-state index < -0.39 is 0 Å². The van der Waals surface area contributed by atoms with Gasteiger partial charge in [0.1, 0.15) is 5.82 Å². The van der Waals surface area contributed by atoms with Crippen molar-refractivity contribution in [3.8, 4) is 5.69 Å². The number of hydrogen-bond donors (Lipinski definition) is 2. The van der Waals surface area contributed by atoms with E-state index in [1.165, 1.54) is 0 Å². The number of amides is 1. The predicted molar refractivity (Wildman–Crippen MR) is 90.9 cm³/mol. The van der Waals surface area contributed by atoms with E-state index in [0.29, 0.717) is 6.54 Å². The fourth-order valence-electron chi connectivity index (χ4n) is 3.07. The Morgan fingerprint density at radius 2 is 2.08 bits per heavy atom. The van der Waals surface area contributed by atoms with Crippen LogP contribution in [0, 0.1) is 0 Å². The molecule has 0 bridgehead atoms. The van der Waals surface area contributed by atoms with E-state index in [1.807, 2.05) is 53.4 Å². The minimum Gasteiger partial charge on any atom is -0.348 e. The molecule has 122 valence electrons. The summed E-state index contributed by atoms with van der Waals surface area (Å²) in [4.78, 5) is 16.9. The van der Waals surface area contributed by atoms with Gasteiger partial charge < -0.3 is 19.8 Å². The third kappa shape index (κ3) is 2.72. The molecular weight excluding hydrogens is 302 g/mol. The lowest BCUT2D eigenvalue weighted by molar-refractivity contribution is 0.0948. The second-order valence-corrected chi connectivity index (χ2v) is 5.78. The third-order valence-electron chi connectivity index (χ3n) is 4.30. The molecule has 1 aliphatic rings. The van der Waals surface area contributed by atoms with Crippen LogP contribution in [0.1, 0.15) is 21.9 Å². The van der Waals surface area contributed by atoms with Gasteiger partial charge in [0.2, 0.25) is 0 Å². The van der Waals surface area contributed by atoms with Gasteiger partial charge in [-0.15, -0.1) is 0 Å². The molecule has 0 aliphatic carbocycles. The molecule has 4 rings (SSSR count). The van der Waals surface area contributed by atoms with Crippen LogP contribution in [0.5, 0.6) is 0 Å². The van der Waals surface area contributed by atoms with E-state index in [-0.39, 0.29) is 5.91 Å². The van der Waals surface area contributed by atoms with Crippen molar-refractivity contribution >= 4 is 5.91 Å². The van der Waals surface area contributed by atoms with Crippen LogP contribution in [-0.4, -0.2) is 26.6 Å². The highest BCUT2D eigenvalue weighted by Crippen LogP contribution is 2.14. The first-order chi connectivity index (χ1) is 11.8. The Balaban J connectivity index is 1.49. The summed E-state index contributed by atoms with van der Waals surface area (Å²) in [6.45, 7) is 2.96. The van der Waals surface area contributed by atoms with Crippen molar-refractivity contribution in [3.63, 3.8) is 0 Å². The number of benzene rings is 1. The van der Waals surface area contributed by atoms with Gasteiger partial charge in [0.05, 0.1) is 12.1 Å². The Labute approximate surface area is 140 Å². The SMILES string of the molecule is O=C(NCc1nccn1-c1ccccc1)c1ccn2c1CNCC2. The van der Waals surface area contributed by atoms with Crippen LogP contribution >= 0.6 is 0 Å². The summed E-state index contributed by atoms with van der Waals surface area (Å²) in [5, 5.41) is 6.29. The van der Waals surface area contributed by atoms with Crippen molar-refractivity contribution in [2.45, 2.75) is 19.6 Å². The van der Waals surface area contributed by atoms with Crippen LogP contribution in [0.4, 0.5) is 0 Å². The van der Waals surface area contributed by atoms with Gasteiger partial charge in [-0.05, 0) is 18.2 Å². The first-order valence-electron chi connectivity index (χ1n) is 8.07. The lowest BCUT2D eigenvalue weighted by Crippen LogP contribution is -2.31. The summed E-state index contributed by atoms with van der Waals surface area (Å²) < 4.78 is 4.12. The number of para-hydroxylation sites is 1. The Bertz CT molecular complexity index is 849. The number of fused-ring (bicyclic) bond motifs is 1. The Hall–Kier alpha value is -2.86. The number of aromatic nitrogens is 3. The van der Waals surface area contributed by atoms with Gasteiger partial charge in [0.25, 0.3) is 5.91 Å². The van der Waals surface area contributed by atoms with Gasteiger partial charge in [-0.25, -0.2) is 4.98 Å². The monoisotopic (exact) mass is 321 g/mol. The van der Waals surface area contributed by atoms with Crippen molar-refractivity contribution < 1.29 is 4.79 Å². The standard InChI is InChI=1S/C18H19N5O/c24-18(15-6-9-22-10-7-19-12-16(15)22)21-13-17-20-8-11-23(17)14-4-2-1-3-5-14/h1-6,8-9,11,19H,7,10,12-13H2,(H,21,24). The van der Waals surface area contributed by atoms with Crippen molar-refractivity contribution in [1.29, 1.82) is 0 Å². The smallest absolute Gasteiger partial charge is 0.253 e. The minimum atomic E-state index is -0.0601. The number of hydrogen-bond acceptors (Lipinski definition) is 3.